The van der Waals surface area contributed by atoms with Crippen molar-refractivity contribution < 1.29 is 9.53 Å². The average molecular weight is 253 g/mol. The van der Waals surface area contributed by atoms with Crippen LogP contribution in [0.3, 0.4) is 0 Å². The first-order valence-electron chi connectivity index (χ1n) is 7.37. The molecule has 2 saturated heterocycles. The Labute approximate surface area is 111 Å². The van der Waals surface area contributed by atoms with Crippen LogP contribution in [-0.4, -0.2) is 41.5 Å². The molecule has 2 fully saturated rings. The molecule has 0 aliphatic carbocycles. The minimum atomic E-state index is 0.0521. The molecule has 104 valence electrons. The molecule has 2 aliphatic heterocycles. The fourth-order valence-electron chi connectivity index (χ4n) is 3.33. The molecule has 0 aromatic carbocycles. The van der Waals surface area contributed by atoms with Gasteiger partial charge in [-0.15, -0.1) is 0 Å². The Balaban J connectivity index is 1.87. The number of ether oxygens (including phenoxy) is 1. The molecule has 0 radical (unpaired) electrons. The van der Waals surface area contributed by atoms with Gasteiger partial charge in [0.25, 0.3) is 0 Å². The molecular weight excluding hydrogens is 226 g/mol. The third-order valence-corrected chi connectivity index (χ3v) is 4.26. The maximum Gasteiger partial charge on any atom is 0.131 e. The Kier molecular flexibility index (Phi) is 4.44. The highest BCUT2D eigenvalue weighted by molar-refractivity contribution is 5.76. The van der Waals surface area contributed by atoms with E-state index in [9.17, 15) is 4.79 Å². The second kappa shape index (κ2) is 5.70. The lowest BCUT2D eigenvalue weighted by molar-refractivity contribution is -0.119. The van der Waals surface area contributed by atoms with E-state index in [2.05, 4.69) is 18.7 Å². The third-order valence-electron chi connectivity index (χ3n) is 4.26. The van der Waals surface area contributed by atoms with Gasteiger partial charge in [-0.3, -0.25) is 9.69 Å². The highest BCUT2D eigenvalue weighted by Crippen LogP contribution is 2.31. The highest BCUT2D eigenvalue weighted by Gasteiger charge is 2.34. The van der Waals surface area contributed by atoms with E-state index in [0.717, 1.165) is 32.4 Å². The molecule has 2 aliphatic rings. The smallest absolute Gasteiger partial charge is 0.131 e. The molecule has 0 N–H and O–H groups in total. The van der Waals surface area contributed by atoms with Gasteiger partial charge in [0.2, 0.25) is 0 Å². The van der Waals surface area contributed by atoms with Gasteiger partial charge in [-0.1, -0.05) is 6.42 Å². The van der Waals surface area contributed by atoms with Crippen LogP contribution in [0.25, 0.3) is 0 Å². The van der Waals surface area contributed by atoms with Crippen molar-refractivity contribution in [2.45, 2.75) is 77.0 Å². The summed E-state index contributed by atoms with van der Waals surface area (Å²) in [7, 11) is 0. The molecule has 0 aromatic heterocycles. The minimum Gasteiger partial charge on any atom is -0.371 e. The van der Waals surface area contributed by atoms with Crippen LogP contribution in [-0.2, 0) is 9.53 Å². The van der Waals surface area contributed by atoms with Crippen molar-refractivity contribution in [1.82, 2.24) is 4.90 Å². The van der Waals surface area contributed by atoms with E-state index in [1.807, 2.05) is 0 Å². The molecule has 2 heterocycles. The fraction of sp³-hybridized carbons (Fsp3) is 0.933. The summed E-state index contributed by atoms with van der Waals surface area (Å²) in [6, 6.07) is 0.462. The second-order valence-corrected chi connectivity index (χ2v) is 6.59. The van der Waals surface area contributed by atoms with Crippen LogP contribution in [0.2, 0.25) is 0 Å². The van der Waals surface area contributed by atoms with E-state index in [4.69, 9.17) is 4.74 Å². The monoisotopic (exact) mass is 253 g/mol. The molecule has 2 atom stereocenters. The normalized spacial score (nSPS) is 32.6. The fourth-order valence-corrected chi connectivity index (χ4v) is 3.33. The molecule has 18 heavy (non-hydrogen) atoms. The van der Waals surface area contributed by atoms with Crippen molar-refractivity contribution in [1.29, 1.82) is 0 Å². The maximum absolute atomic E-state index is 11.3. The topological polar surface area (TPSA) is 29.5 Å². The Hall–Kier alpha value is -0.410. The van der Waals surface area contributed by atoms with Gasteiger partial charge in [0, 0.05) is 19.0 Å². The van der Waals surface area contributed by atoms with Crippen molar-refractivity contribution in [2.75, 3.05) is 13.1 Å². The summed E-state index contributed by atoms with van der Waals surface area (Å²) < 4.78 is 6.08. The van der Waals surface area contributed by atoms with Gasteiger partial charge in [-0.25, -0.2) is 0 Å². The second-order valence-electron chi connectivity index (χ2n) is 6.59. The van der Waals surface area contributed by atoms with Gasteiger partial charge in [-0.2, -0.15) is 0 Å². The van der Waals surface area contributed by atoms with Gasteiger partial charge >= 0.3 is 0 Å². The largest absolute Gasteiger partial charge is 0.371 e. The lowest BCUT2D eigenvalue weighted by Crippen LogP contribution is -2.44. The number of likely N-dealkylation sites (tertiary alicyclic amines) is 1. The van der Waals surface area contributed by atoms with E-state index in [1.54, 1.807) is 6.92 Å². The zero-order chi connectivity index (χ0) is 13.2. The number of hydrogen-bond donors (Lipinski definition) is 0. The molecule has 0 spiro atoms. The van der Waals surface area contributed by atoms with E-state index >= 15 is 0 Å². The molecular formula is C15H27NO2. The van der Waals surface area contributed by atoms with Gasteiger partial charge < -0.3 is 4.74 Å². The molecule has 0 bridgehead atoms. The predicted molar refractivity (Wildman–Crippen MR) is 72.7 cm³/mol. The summed E-state index contributed by atoms with van der Waals surface area (Å²) in [5, 5.41) is 0. The van der Waals surface area contributed by atoms with Crippen LogP contribution in [0.5, 0.6) is 0 Å². The van der Waals surface area contributed by atoms with Crippen molar-refractivity contribution in [3.63, 3.8) is 0 Å². The molecule has 3 heteroatoms. The summed E-state index contributed by atoms with van der Waals surface area (Å²) in [6.45, 7) is 8.22. The van der Waals surface area contributed by atoms with Crippen LogP contribution in [0.1, 0.15) is 59.3 Å². The number of rotatable bonds is 4. The third kappa shape index (κ3) is 3.79. The first-order chi connectivity index (χ1) is 8.46. The Morgan fingerprint density at radius 1 is 1.33 bits per heavy atom. The number of carbonyl (C=O) groups excluding carboxylic acids is 1. The van der Waals surface area contributed by atoms with Crippen molar-refractivity contribution in [3.8, 4) is 0 Å². The Morgan fingerprint density at radius 3 is 2.72 bits per heavy atom. The number of Topliss-reactive ketones (excluding diaryl/α,β-unsaturated/α-hetero) is 1. The van der Waals surface area contributed by atoms with E-state index in [0.29, 0.717) is 17.9 Å². The van der Waals surface area contributed by atoms with Crippen molar-refractivity contribution in [2.24, 2.45) is 0 Å². The average Bonchev–Trinajstić information content (AvgIpc) is 2.60. The van der Waals surface area contributed by atoms with E-state index in [-0.39, 0.29) is 5.60 Å². The number of ketones is 1. The standard InChI is InChI=1S/C15H27NO2/c1-12(17)10-13-6-4-5-9-16(13)11-14-7-8-15(2,3)18-14/h13-14H,4-11H2,1-3H3. The van der Waals surface area contributed by atoms with Crippen LogP contribution in [0.4, 0.5) is 0 Å². The number of carbonyl (C=O) groups is 1. The lowest BCUT2D eigenvalue weighted by atomic mass is 9.97. The molecule has 0 amide bonds. The van der Waals surface area contributed by atoms with E-state index in [1.165, 1.54) is 19.3 Å². The quantitative estimate of drug-likeness (QED) is 0.771. The zero-order valence-corrected chi connectivity index (χ0v) is 12.1. The van der Waals surface area contributed by atoms with E-state index < -0.39 is 0 Å². The highest BCUT2D eigenvalue weighted by atomic mass is 16.5. The first kappa shape index (κ1) is 14.0. The Bertz CT molecular complexity index is 301. The zero-order valence-electron chi connectivity index (χ0n) is 12.1. The van der Waals surface area contributed by atoms with Gasteiger partial charge in [-0.05, 0) is 53.0 Å². The number of nitrogens with zero attached hydrogens (tertiary/aromatic N) is 1. The SMILES string of the molecule is CC(=O)CC1CCCCN1CC1CCC(C)(C)O1. The minimum absolute atomic E-state index is 0.0521. The molecule has 2 unspecified atom stereocenters. The number of piperidine rings is 1. The maximum atomic E-state index is 11.3. The summed E-state index contributed by atoms with van der Waals surface area (Å²) in [4.78, 5) is 13.8. The van der Waals surface area contributed by atoms with Gasteiger partial charge in [0.05, 0.1) is 11.7 Å². The van der Waals surface area contributed by atoms with Gasteiger partial charge in [0.15, 0.2) is 0 Å². The molecule has 0 saturated carbocycles. The Morgan fingerprint density at radius 2 is 2.11 bits per heavy atom. The number of hydrogen-bond acceptors (Lipinski definition) is 3. The summed E-state index contributed by atoms with van der Waals surface area (Å²) >= 11 is 0. The summed E-state index contributed by atoms with van der Waals surface area (Å²) in [5.74, 6) is 0.319. The van der Waals surface area contributed by atoms with Gasteiger partial charge in [0.1, 0.15) is 5.78 Å². The predicted octanol–water partition coefficient (Wildman–Crippen LogP) is 2.78. The lowest BCUT2D eigenvalue weighted by Gasteiger charge is -2.37. The first-order valence-corrected chi connectivity index (χ1v) is 7.37. The van der Waals surface area contributed by atoms with Crippen LogP contribution in [0.15, 0.2) is 0 Å². The van der Waals surface area contributed by atoms with Crippen LogP contribution in [0, 0.1) is 0 Å². The summed E-state index contributed by atoms with van der Waals surface area (Å²) in [6.07, 6.45) is 7.12. The van der Waals surface area contributed by atoms with Crippen molar-refractivity contribution in [3.05, 3.63) is 0 Å². The molecule has 0 aromatic rings. The molecule has 2 rings (SSSR count). The molecule has 3 nitrogen and oxygen atoms in total. The van der Waals surface area contributed by atoms with Crippen LogP contribution >= 0.6 is 0 Å². The van der Waals surface area contributed by atoms with Crippen molar-refractivity contribution >= 4 is 5.78 Å². The van der Waals surface area contributed by atoms with Crippen LogP contribution < -0.4 is 0 Å². The summed E-state index contributed by atoms with van der Waals surface area (Å²) in [5.41, 5.74) is 0.0521.